The van der Waals surface area contributed by atoms with Crippen molar-refractivity contribution in [1.82, 2.24) is 5.32 Å². The van der Waals surface area contributed by atoms with Crippen molar-refractivity contribution >= 4 is 5.97 Å². The first-order chi connectivity index (χ1) is 5.79. The fourth-order valence-electron chi connectivity index (χ4n) is 1.32. The number of nitrogens with one attached hydrogen (secondary N) is 1. The summed E-state index contributed by atoms with van der Waals surface area (Å²) in [5.41, 5.74) is 0. The van der Waals surface area contributed by atoms with Crippen molar-refractivity contribution < 1.29 is 9.53 Å². The summed E-state index contributed by atoms with van der Waals surface area (Å²) in [6.45, 7) is 5.16. The van der Waals surface area contributed by atoms with E-state index in [1.807, 2.05) is 13.8 Å². The lowest BCUT2D eigenvalue weighted by Gasteiger charge is -2.14. The Bertz CT molecular complexity index is 155. The molecule has 0 aliphatic heterocycles. The molecule has 1 N–H and O–H groups in total. The van der Waals surface area contributed by atoms with Gasteiger partial charge in [-0.15, -0.1) is 0 Å². The molecule has 0 heterocycles. The number of rotatable bonds is 5. The Labute approximate surface area is 73.5 Å². The highest BCUT2D eigenvalue weighted by atomic mass is 16.5. The predicted octanol–water partition coefficient (Wildman–Crippen LogP) is 0.938. The minimum absolute atomic E-state index is 0.0463. The van der Waals surface area contributed by atoms with Crippen LogP contribution in [-0.2, 0) is 9.53 Å². The first-order valence-corrected chi connectivity index (χ1v) is 4.69. The van der Waals surface area contributed by atoms with Gasteiger partial charge in [-0.25, -0.2) is 0 Å². The van der Waals surface area contributed by atoms with E-state index < -0.39 is 0 Å². The smallest absolute Gasteiger partial charge is 0.323 e. The van der Waals surface area contributed by atoms with Crippen molar-refractivity contribution in [2.75, 3.05) is 13.2 Å². The Morgan fingerprint density at radius 1 is 1.58 bits per heavy atom. The van der Waals surface area contributed by atoms with Gasteiger partial charge in [0, 0.05) is 0 Å². The molecule has 0 spiro atoms. The van der Waals surface area contributed by atoms with Gasteiger partial charge in [0.15, 0.2) is 0 Å². The topological polar surface area (TPSA) is 38.3 Å². The van der Waals surface area contributed by atoms with Gasteiger partial charge in [-0.2, -0.15) is 0 Å². The highest BCUT2D eigenvalue weighted by molar-refractivity contribution is 5.76. The molecule has 0 saturated heterocycles. The van der Waals surface area contributed by atoms with Gasteiger partial charge >= 0.3 is 5.97 Å². The van der Waals surface area contributed by atoms with E-state index in [1.54, 1.807) is 0 Å². The standard InChI is InChI=1S/C9H17NO2/c1-3-10-8(7-5-6-7)9(11)12-4-2/h7-8,10H,3-6H2,1-2H3. The second kappa shape index (κ2) is 4.45. The van der Waals surface area contributed by atoms with Gasteiger partial charge in [0.2, 0.25) is 0 Å². The van der Waals surface area contributed by atoms with Crippen LogP contribution in [0.1, 0.15) is 26.7 Å². The SMILES string of the molecule is CCNC(C(=O)OCC)C1CC1. The second-order valence-electron chi connectivity index (χ2n) is 3.12. The first-order valence-electron chi connectivity index (χ1n) is 4.69. The third kappa shape index (κ3) is 2.48. The second-order valence-corrected chi connectivity index (χ2v) is 3.12. The fraction of sp³-hybridized carbons (Fsp3) is 0.889. The normalized spacial score (nSPS) is 18.8. The van der Waals surface area contributed by atoms with Gasteiger partial charge in [-0.05, 0) is 32.2 Å². The largest absolute Gasteiger partial charge is 0.465 e. The minimum Gasteiger partial charge on any atom is -0.465 e. The lowest BCUT2D eigenvalue weighted by Crippen LogP contribution is -2.39. The monoisotopic (exact) mass is 171 g/mol. The van der Waals surface area contributed by atoms with E-state index in [0.29, 0.717) is 12.5 Å². The molecule has 12 heavy (non-hydrogen) atoms. The molecule has 0 aromatic rings. The molecular formula is C9H17NO2. The van der Waals surface area contributed by atoms with E-state index in [4.69, 9.17) is 4.74 Å². The molecule has 0 amide bonds. The zero-order valence-electron chi connectivity index (χ0n) is 7.80. The molecule has 70 valence electrons. The molecule has 3 nitrogen and oxygen atoms in total. The number of hydrogen-bond donors (Lipinski definition) is 1. The van der Waals surface area contributed by atoms with Crippen LogP contribution in [0.15, 0.2) is 0 Å². The molecule has 0 aromatic heterocycles. The molecule has 1 saturated carbocycles. The Morgan fingerprint density at radius 3 is 2.67 bits per heavy atom. The van der Waals surface area contributed by atoms with Crippen LogP contribution in [-0.4, -0.2) is 25.2 Å². The highest BCUT2D eigenvalue weighted by Crippen LogP contribution is 2.33. The van der Waals surface area contributed by atoms with Crippen LogP contribution in [0.2, 0.25) is 0 Å². The third-order valence-electron chi connectivity index (χ3n) is 2.06. The molecule has 0 bridgehead atoms. The number of hydrogen-bond acceptors (Lipinski definition) is 3. The summed E-state index contributed by atoms with van der Waals surface area (Å²) in [7, 11) is 0. The third-order valence-corrected chi connectivity index (χ3v) is 2.06. The van der Waals surface area contributed by atoms with E-state index in [-0.39, 0.29) is 12.0 Å². The van der Waals surface area contributed by atoms with Crippen LogP contribution < -0.4 is 5.32 Å². The van der Waals surface area contributed by atoms with Gasteiger partial charge < -0.3 is 10.1 Å². The number of carbonyl (C=O) groups excluding carboxylic acids is 1. The van der Waals surface area contributed by atoms with Crippen LogP contribution in [0.4, 0.5) is 0 Å². The minimum atomic E-state index is -0.0816. The summed E-state index contributed by atoms with van der Waals surface area (Å²) in [6, 6.07) is -0.0463. The summed E-state index contributed by atoms with van der Waals surface area (Å²) in [4.78, 5) is 11.3. The predicted molar refractivity (Wildman–Crippen MR) is 46.8 cm³/mol. The van der Waals surface area contributed by atoms with Crippen LogP contribution in [0.5, 0.6) is 0 Å². The van der Waals surface area contributed by atoms with E-state index in [1.165, 1.54) is 0 Å². The molecule has 1 rings (SSSR count). The van der Waals surface area contributed by atoms with Gasteiger partial charge in [-0.1, -0.05) is 6.92 Å². The summed E-state index contributed by atoms with van der Waals surface area (Å²) in [5.74, 6) is 0.450. The van der Waals surface area contributed by atoms with Crippen LogP contribution in [0.3, 0.4) is 0 Å². The van der Waals surface area contributed by atoms with Gasteiger partial charge in [0.25, 0.3) is 0 Å². The fourth-order valence-corrected chi connectivity index (χ4v) is 1.32. The molecule has 1 unspecified atom stereocenters. The molecule has 0 aromatic carbocycles. The highest BCUT2D eigenvalue weighted by Gasteiger charge is 2.36. The molecule has 1 aliphatic carbocycles. The van der Waals surface area contributed by atoms with Crippen molar-refractivity contribution in [2.45, 2.75) is 32.7 Å². The van der Waals surface area contributed by atoms with Gasteiger partial charge in [0.1, 0.15) is 6.04 Å². The maximum Gasteiger partial charge on any atom is 0.323 e. The van der Waals surface area contributed by atoms with Crippen LogP contribution >= 0.6 is 0 Å². The Hall–Kier alpha value is -0.570. The van der Waals surface area contributed by atoms with Crippen LogP contribution in [0, 0.1) is 5.92 Å². The maximum atomic E-state index is 11.3. The van der Waals surface area contributed by atoms with Crippen molar-refractivity contribution in [3.05, 3.63) is 0 Å². The Balaban J connectivity index is 2.34. The molecule has 1 fully saturated rings. The average molecular weight is 171 g/mol. The first kappa shape index (κ1) is 9.52. The quantitative estimate of drug-likeness (QED) is 0.625. The number of carbonyl (C=O) groups is 1. The molecule has 0 radical (unpaired) electrons. The van der Waals surface area contributed by atoms with Crippen LogP contribution in [0.25, 0.3) is 0 Å². The molecule has 1 aliphatic rings. The Kier molecular flexibility index (Phi) is 3.53. The maximum absolute atomic E-state index is 11.3. The lowest BCUT2D eigenvalue weighted by atomic mass is 10.2. The van der Waals surface area contributed by atoms with Gasteiger partial charge in [-0.3, -0.25) is 4.79 Å². The number of esters is 1. The van der Waals surface area contributed by atoms with Crippen molar-refractivity contribution in [2.24, 2.45) is 5.92 Å². The van der Waals surface area contributed by atoms with Gasteiger partial charge in [0.05, 0.1) is 6.61 Å². The molecule has 1 atom stereocenters. The van der Waals surface area contributed by atoms with E-state index in [0.717, 1.165) is 19.4 Å². The van der Waals surface area contributed by atoms with E-state index in [9.17, 15) is 4.79 Å². The number of likely N-dealkylation sites (N-methyl/N-ethyl adjacent to an activating group) is 1. The summed E-state index contributed by atoms with van der Waals surface area (Å²) < 4.78 is 4.96. The van der Waals surface area contributed by atoms with Crippen molar-refractivity contribution in [1.29, 1.82) is 0 Å². The molecular weight excluding hydrogens is 154 g/mol. The average Bonchev–Trinajstić information content (AvgIpc) is 2.83. The summed E-state index contributed by atoms with van der Waals surface area (Å²) in [5, 5.41) is 3.15. The lowest BCUT2D eigenvalue weighted by molar-refractivity contribution is -0.146. The summed E-state index contributed by atoms with van der Waals surface area (Å²) in [6.07, 6.45) is 2.33. The number of ether oxygens (including phenoxy) is 1. The van der Waals surface area contributed by atoms with E-state index >= 15 is 0 Å². The van der Waals surface area contributed by atoms with Crippen molar-refractivity contribution in [3.63, 3.8) is 0 Å². The Morgan fingerprint density at radius 2 is 2.25 bits per heavy atom. The van der Waals surface area contributed by atoms with Crippen molar-refractivity contribution in [3.8, 4) is 0 Å². The zero-order chi connectivity index (χ0) is 8.97. The zero-order valence-corrected chi connectivity index (χ0v) is 7.80. The van der Waals surface area contributed by atoms with E-state index in [2.05, 4.69) is 5.32 Å². The summed E-state index contributed by atoms with van der Waals surface area (Å²) >= 11 is 0. The molecule has 3 heteroatoms.